The van der Waals surface area contributed by atoms with E-state index in [2.05, 4.69) is 18.8 Å². The van der Waals surface area contributed by atoms with Gasteiger partial charge in [-0.2, -0.15) is 0 Å². The van der Waals surface area contributed by atoms with Crippen LogP contribution in [0.3, 0.4) is 0 Å². The van der Waals surface area contributed by atoms with Crippen LogP contribution in [0.5, 0.6) is 0 Å². The summed E-state index contributed by atoms with van der Waals surface area (Å²) < 4.78 is 6.78. The predicted molar refractivity (Wildman–Crippen MR) is 88.8 cm³/mol. The van der Waals surface area contributed by atoms with Gasteiger partial charge in [-0.3, -0.25) is 4.79 Å². The zero-order valence-corrected chi connectivity index (χ0v) is 13.7. The molecule has 0 amide bonds. The van der Waals surface area contributed by atoms with E-state index in [4.69, 9.17) is 22.7 Å². The Morgan fingerprint density at radius 3 is 2.81 bits per heavy atom. The molecule has 1 rings (SSSR count). The van der Waals surface area contributed by atoms with Crippen molar-refractivity contribution in [3.63, 3.8) is 0 Å². The van der Waals surface area contributed by atoms with Crippen LogP contribution in [0.1, 0.15) is 20.3 Å². The lowest BCUT2D eigenvalue weighted by molar-refractivity contribution is 0.205. The Balaban J connectivity index is 2.99. The second kappa shape index (κ2) is 8.74. The molecule has 0 aliphatic carbocycles. The number of nitrogens with two attached hydrogens (primary N) is 1. The largest absolute Gasteiger partial charge is 0.393 e. The number of ether oxygens (including phenoxy) is 1. The first-order valence-electron chi connectivity index (χ1n) is 7.03. The first-order chi connectivity index (χ1) is 9.95. The summed E-state index contributed by atoms with van der Waals surface area (Å²) in [6, 6.07) is 0. The molecule has 1 heterocycles. The van der Waals surface area contributed by atoms with Crippen LogP contribution in [0, 0.1) is 5.92 Å². The Morgan fingerprint density at radius 2 is 2.24 bits per heavy atom. The molecule has 0 aromatic carbocycles. The quantitative estimate of drug-likeness (QED) is 0.687. The first-order valence-corrected chi connectivity index (χ1v) is 7.44. The average Bonchev–Trinajstić information content (AvgIpc) is 2.41. The lowest BCUT2D eigenvalue weighted by Crippen LogP contribution is -2.37. The van der Waals surface area contributed by atoms with Crippen molar-refractivity contribution in [2.75, 3.05) is 31.7 Å². The van der Waals surface area contributed by atoms with E-state index < -0.39 is 0 Å². The van der Waals surface area contributed by atoms with Crippen LogP contribution in [0.4, 0.5) is 5.82 Å². The Bertz CT molecular complexity index is 516. The number of aromatic nitrogens is 2. The van der Waals surface area contributed by atoms with Crippen molar-refractivity contribution in [1.82, 2.24) is 9.55 Å². The molecule has 0 bridgehead atoms. The van der Waals surface area contributed by atoms with Gasteiger partial charge in [-0.05, 0) is 5.92 Å². The van der Waals surface area contributed by atoms with Crippen LogP contribution in [0.2, 0.25) is 0 Å². The zero-order valence-electron chi connectivity index (χ0n) is 12.9. The molecule has 0 atom stereocenters. The Labute approximate surface area is 130 Å². The molecule has 0 unspecified atom stereocenters. The van der Waals surface area contributed by atoms with Gasteiger partial charge in [-0.25, -0.2) is 4.98 Å². The highest BCUT2D eigenvalue weighted by atomic mass is 32.1. The molecule has 1 aromatic rings. The number of hydrogen-bond acceptors (Lipinski definition) is 5. The average molecular weight is 312 g/mol. The SMILES string of the molecule is COCCN(CCC(N)=S)c1nccn(CC(C)C)c1=O. The molecule has 1 aromatic heterocycles. The van der Waals surface area contributed by atoms with E-state index in [1.165, 1.54) is 0 Å². The third kappa shape index (κ3) is 5.81. The van der Waals surface area contributed by atoms with Gasteiger partial charge in [0.15, 0.2) is 5.82 Å². The maximum Gasteiger partial charge on any atom is 0.293 e. The van der Waals surface area contributed by atoms with Crippen LogP contribution in [0.25, 0.3) is 0 Å². The topological polar surface area (TPSA) is 73.4 Å². The van der Waals surface area contributed by atoms with Crippen molar-refractivity contribution in [1.29, 1.82) is 0 Å². The van der Waals surface area contributed by atoms with Crippen LogP contribution in [-0.4, -0.2) is 41.3 Å². The fourth-order valence-electron chi connectivity index (χ4n) is 1.96. The number of thiocarbonyl (C=S) groups is 1. The van der Waals surface area contributed by atoms with E-state index in [1.807, 2.05) is 4.90 Å². The molecule has 21 heavy (non-hydrogen) atoms. The van der Waals surface area contributed by atoms with E-state index in [0.29, 0.717) is 49.4 Å². The normalized spacial score (nSPS) is 10.9. The monoisotopic (exact) mass is 312 g/mol. The Kier molecular flexibility index (Phi) is 7.31. The molecule has 0 saturated carbocycles. The van der Waals surface area contributed by atoms with Crippen molar-refractivity contribution in [3.8, 4) is 0 Å². The smallest absolute Gasteiger partial charge is 0.293 e. The summed E-state index contributed by atoms with van der Waals surface area (Å²) in [5.74, 6) is 0.813. The number of nitrogens with zero attached hydrogens (tertiary/aromatic N) is 3. The second-order valence-electron chi connectivity index (χ2n) is 5.30. The summed E-state index contributed by atoms with van der Waals surface area (Å²) in [6.07, 6.45) is 3.91. The van der Waals surface area contributed by atoms with Gasteiger partial charge in [-0.1, -0.05) is 26.1 Å². The predicted octanol–water partition coefficient (Wildman–Crippen LogP) is 1.03. The molecule has 0 fully saturated rings. The van der Waals surface area contributed by atoms with E-state index in [-0.39, 0.29) is 5.56 Å². The summed E-state index contributed by atoms with van der Waals surface area (Å²) in [6.45, 7) is 6.46. The van der Waals surface area contributed by atoms with E-state index in [0.717, 1.165) is 0 Å². The molecule has 6 nitrogen and oxygen atoms in total. The van der Waals surface area contributed by atoms with Gasteiger partial charge >= 0.3 is 0 Å². The van der Waals surface area contributed by atoms with Gasteiger partial charge < -0.3 is 19.9 Å². The van der Waals surface area contributed by atoms with Crippen LogP contribution in [0.15, 0.2) is 17.2 Å². The van der Waals surface area contributed by atoms with Gasteiger partial charge in [0.2, 0.25) is 0 Å². The van der Waals surface area contributed by atoms with Gasteiger partial charge in [0.1, 0.15) is 0 Å². The van der Waals surface area contributed by atoms with E-state index in [9.17, 15) is 4.79 Å². The molecule has 2 N–H and O–H groups in total. The summed E-state index contributed by atoms with van der Waals surface area (Å²) in [7, 11) is 1.63. The Morgan fingerprint density at radius 1 is 1.52 bits per heavy atom. The maximum absolute atomic E-state index is 12.5. The standard InChI is InChI=1S/C14H24N4O2S/c1-11(2)10-18-7-5-16-13(14(18)19)17(8-9-20-3)6-4-12(15)21/h5,7,11H,4,6,8-10H2,1-3H3,(H2,15,21). The highest BCUT2D eigenvalue weighted by Gasteiger charge is 2.14. The van der Waals surface area contributed by atoms with Crippen molar-refractivity contribution in [2.45, 2.75) is 26.8 Å². The van der Waals surface area contributed by atoms with E-state index >= 15 is 0 Å². The summed E-state index contributed by atoms with van der Waals surface area (Å²) in [5, 5.41) is 0. The molecule has 0 aliphatic rings. The molecule has 118 valence electrons. The number of anilines is 1. The van der Waals surface area contributed by atoms with Crippen molar-refractivity contribution >= 4 is 23.0 Å². The van der Waals surface area contributed by atoms with Crippen molar-refractivity contribution in [2.24, 2.45) is 11.7 Å². The molecule has 0 spiro atoms. The fourth-order valence-corrected chi connectivity index (χ4v) is 2.05. The van der Waals surface area contributed by atoms with Crippen molar-refractivity contribution < 1.29 is 4.74 Å². The van der Waals surface area contributed by atoms with Crippen molar-refractivity contribution in [3.05, 3.63) is 22.7 Å². The minimum absolute atomic E-state index is 0.0924. The first kappa shape index (κ1) is 17.6. The highest BCUT2D eigenvalue weighted by molar-refractivity contribution is 7.80. The van der Waals surface area contributed by atoms with Crippen LogP contribution < -0.4 is 16.2 Å². The van der Waals surface area contributed by atoms with E-state index in [1.54, 1.807) is 24.1 Å². The third-order valence-corrected chi connectivity index (χ3v) is 3.15. The number of methoxy groups -OCH3 is 1. The number of rotatable bonds is 9. The molecular formula is C14H24N4O2S. The van der Waals surface area contributed by atoms with Gasteiger partial charge in [0.25, 0.3) is 5.56 Å². The lowest BCUT2D eigenvalue weighted by atomic mass is 10.2. The summed E-state index contributed by atoms with van der Waals surface area (Å²) in [5.41, 5.74) is 5.46. The molecule has 0 aliphatic heterocycles. The lowest BCUT2D eigenvalue weighted by Gasteiger charge is -2.23. The number of hydrogen-bond donors (Lipinski definition) is 1. The van der Waals surface area contributed by atoms with Crippen LogP contribution >= 0.6 is 12.2 Å². The molecule has 0 saturated heterocycles. The Hall–Kier alpha value is -1.47. The molecular weight excluding hydrogens is 288 g/mol. The summed E-state index contributed by atoms with van der Waals surface area (Å²) >= 11 is 4.91. The van der Waals surface area contributed by atoms with Crippen LogP contribution in [-0.2, 0) is 11.3 Å². The minimum Gasteiger partial charge on any atom is -0.393 e. The molecule has 0 radical (unpaired) electrons. The maximum atomic E-state index is 12.5. The minimum atomic E-state index is -0.0924. The van der Waals surface area contributed by atoms with Gasteiger partial charge in [0, 0.05) is 45.6 Å². The summed E-state index contributed by atoms with van der Waals surface area (Å²) in [4.78, 5) is 19.0. The van der Waals surface area contributed by atoms with Gasteiger partial charge in [0.05, 0.1) is 11.6 Å². The highest BCUT2D eigenvalue weighted by Crippen LogP contribution is 2.06. The van der Waals surface area contributed by atoms with Gasteiger partial charge in [-0.15, -0.1) is 0 Å². The second-order valence-corrected chi connectivity index (χ2v) is 5.82. The zero-order chi connectivity index (χ0) is 15.8. The molecule has 7 heteroatoms. The fraction of sp³-hybridized carbons (Fsp3) is 0.643. The third-order valence-electron chi connectivity index (χ3n) is 2.95.